The molecular weight excluding hydrogens is 955 g/mol. The number of hydrogen-bond acceptors (Lipinski definition) is 14. The van der Waals surface area contributed by atoms with Crippen LogP contribution in [0.2, 0.25) is 0 Å². The molecule has 0 bridgehead atoms. The Kier molecular flexibility index (Phi) is 47.6. The van der Waals surface area contributed by atoms with Gasteiger partial charge in [0, 0.05) is 19.3 Å². The minimum absolute atomic E-state index is 0.0970. The Morgan fingerprint density at radius 2 is 0.676 bits per heavy atom. The zero-order chi connectivity index (χ0) is 52.5. The molecule has 71 heavy (non-hydrogen) atoms. The molecule has 0 heterocycles. The molecule has 0 spiro atoms. The molecule has 0 aromatic carbocycles. The molecule has 0 aliphatic rings. The summed E-state index contributed by atoms with van der Waals surface area (Å²) in [4.78, 5) is 57.7. The number of esters is 3. The number of aliphatic hydroxyl groups excluding tert-OH is 2. The molecule has 18 heteroatoms. The molecule has 0 aliphatic carbocycles. The molecule has 0 radical (unpaired) electrons. The van der Waals surface area contributed by atoms with Crippen molar-refractivity contribution in [3.05, 3.63) is 24.3 Å². The first-order valence-corrected chi connectivity index (χ1v) is 30.6. The van der Waals surface area contributed by atoms with Crippen LogP contribution >= 0.6 is 15.6 Å². The highest BCUT2D eigenvalue weighted by Gasteiger charge is 2.29. The summed E-state index contributed by atoms with van der Waals surface area (Å²) in [5.41, 5.74) is 0. The Morgan fingerprint density at radius 1 is 0.380 bits per heavy atom. The molecule has 0 aliphatic heterocycles. The van der Waals surface area contributed by atoms with E-state index in [1.807, 2.05) is 0 Å². The molecule has 0 aromatic heterocycles. The minimum Gasteiger partial charge on any atom is -0.463 e. The van der Waals surface area contributed by atoms with Crippen LogP contribution in [0.3, 0.4) is 0 Å². The van der Waals surface area contributed by atoms with Crippen molar-refractivity contribution in [2.75, 3.05) is 39.6 Å². The topological polar surface area (TPSA) is 231 Å². The van der Waals surface area contributed by atoms with Crippen molar-refractivity contribution in [3.8, 4) is 0 Å². The predicted octanol–water partition coefficient (Wildman–Crippen LogP) is 13.4. The second-order valence-corrected chi connectivity index (χ2v) is 21.6. The summed E-state index contributed by atoms with van der Waals surface area (Å²) in [6.45, 7) is 2.55. The molecule has 0 rings (SSSR count). The molecule has 16 nitrogen and oxygen atoms in total. The van der Waals surface area contributed by atoms with E-state index < -0.39 is 91.5 Å². The first kappa shape index (κ1) is 69.0. The van der Waals surface area contributed by atoms with Crippen molar-refractivity contribution >= 4 is 33.6 Å². The molecule has 4 N–H and O–H groups in total. The summed E-state index contributed by atoms with van der Waals surface area (Å²) < 4.78 is 60.3. The Balaban J connectivity index is 4.66. The van der Waals surface area contributed by atoms with Crippen LogP contribution in [0.25, 0.3) is 0 Å². The van der Waals surface area contributed by atoms with E-state index in [0.29, 0.717) is 19.3 Å². The molecule has 0 aromatic rings. The third kappa shape index (κ3) is 50.0. The van der Waals surface area contributed by atoms with Gasteiger partial charge in [-0.15, -0.1) is 0 Å². The Hall–Kier alpha value is -1.97. The second-order valence-electron chi connectivity index (χ2n) is 18.7. The van der Waals surface area contributed by atoms with Gasteiger partial charge in [-0.05, 0) is 57.8 Å². The molecule has 0 saturated carbocycles. The first-order valence-electron chi connectivity index (χ1n) is 27.6. The molecular formula is C53H100O16P2. The summed E-state index contributed by atoms with van der Waals surface area (Å²) >= 11 is 0. The molecule has 0 saturated heterocycles. The van der Waals surface area contributed by atoms with Crippen LogP contribution in [0.1, 0.15) is 239 Å². The Labute approximate surface area is 429 Å². The van der Waals surface area contributed by atoms with Gasteiger partial charge in [0.2, 0.25) is 0 Å². The lowest BCUT2D eigenvalue weighted by molar-refractivity contribution is -0.161. The van der Waals surface area contributed by atoms with Crippen molar-refractivity contribution in [2.45, 2.75) is 257 Å². The minimum atomic E-state index is -4.90. The van der Waals surface area contributed by atoms with E-state index in [2.05, 4.69) is 45.1 Å². The monoisotopic (exact) mass is 1050 g/mol. The number of unbranched alkanes of at least 4 members (excludes halogenated alkanes) is 26. The van der Waals surface area contributed by atoms with Gasteiger partial charge in [-0.2, -0.15) is 0 Å². The number of carbonyl (C=O) groups is 3. The Morgan fingerprint density at radius 3 is 1.07 bits per heavy atom. The van der Waals surface area contributed by atoms with Gasteiger partial charge in [0.05, 0.1) is 26.4 Å². The van der Waals surface area contributed by atoms with Crippen LogP contribution in [0.5, 0.6) is 0 Å². The number of phosphoric ester groups is 2. The van der Waals surface area contributed by atoms with Crippen molar-refractivity contribution in [2.24, 2.45) is 0 Å². The first-order chi connectivity index (χ1) is 34.2. The van der Waals surface area contributed by atoms with Crippen LogP contribution in [-0.2, 0) is 55.8 Å². The van der Waals surface area contributed by atoms with Crippen LogP contribution in [-0.4, -0.2) is 95.9 Å². The van der Waals surface area contributed by atoms with E-state index in [9.17, 15) is 43.5 Å². The number of rotatable bonds is 53. The fourth-order valence-corrected chi connectivity index (χ4v) is 8.88. The van der Waals surface area contributed by atoms with E-state index in [1.165, 1.54) is 83.5 Å². The average Bonchev–Trinajstić information content (AvgIpc) is 3.34. The smallest absolute Gasteiger partial charge is 0.463 e. The maximum Gasteiger partial charge on any atom is 0.472 e. The number of carbonyl (C=O) groups excluding carboxylic acids is 3. The summed E-state index contributed by atoms with van der Waals surface area (Å²) in [7, 11) is -9.73. The highest BCUT2D eigenvalue weighted by atomic mass is 31.2. The van der Waals surface area contributed by atoms with E-state index in [4.69, 9.17) is 32.3 Å². The van der Waals surface area contributed by atoms with Gasteiger partial charge in [-0.3, -0.25) is 32.5 Å². The maximum atomic E-state index is 12.8. The highest BCUT2D eigenvalue weighted by molar-refractivity contribution is 7.47. The molecule has 418 valence electrons. The molecule has 0 amide bonds. The van der Waals surface area contributed by atoms with Crippen molar-refractivity contribution in [1.82, 2.24) is 0 Å². The van der Waals surface area contributed by atoms with E-state index in [1.54, 1.807) is 0 Å². The normalized spacial score (nSPS) is 14.9. The largest absolute Gasteiger partial charge is 0.472 e. The third-order valence-electron chi connectivity index (χ3n) is 11.6. The standard InChI is InChI=1S/C53H100O16P2/c1-4-7-10-13-16-19-22-23-26-28-30-33-36-39-51(56)63-42-48(54)43-65-70(59,60)66-44-49(55)45-67-71(61,62)68-47-50(69-53(58)41-38-35-32-29-25-21-18-15-12-9-6-3)46-64-52(57)40-37-34-31-27-24-20-17-14-11-8-5-2/h14-15,17-18,48-50,54-55H,4-13,16,19-47H2,1-3H3,(H,59,60)(H,61,62)/b17-14-,18-15-. The van der Waals surface area contributed by atoms with Gasteiger partial charge in [-0.1, -0.05) is 186 Å². The SMILES string of the molecule is CCCC/C=C\CCCCCCCC(=O)OCC(COP(=O)(O)OCC(O)COP(=O)(O)OCC(O)COC(=O)CCCCCCCCCCCCCCC)OC(=O)CCCCCCC/C=C\CCCC. The molecule has 5 atom stereocenters. The molecule has 5 unspecified atom stereocenters. The predicted molar refractivity (Wildman–Crippen MR) is 280 cm³/mol. The van der Waals surface area contributed by atoms with Gasteiger partial charge < -0.3 is 34.2 Å². The van der Waals surface area contributed by atoms with Gasteiger partial charge in [0.1, 0.15) is 25.4 Å². The summed E-state index contributed by atoms with van der Waals surface area (Å²) in [6, 6.07) is 0. The van der Waals surface area contributed by atoms with E-state index in [0.717, 1.165) is 96.3 Å². The van der Waals surface area contributed by atoms with Crippen LogP contribution in [0, 0.1) is 0 Å². The van der Waals surface area contributed by atoms with Crippen molar-refractivity contribution in [1.29, 1.82) is 0 Å². The lowest BCUT2D eigenvalue weighted by Crippen LogP contribution is -2.30. The summed E-state index contributed by atoms with van der Waals surface area (Å²) in [5.74, 6) is -1.59. The van der Waals surface area contributed by atoms with Crippen LogP contribution in [0.15, 0.2) is 24.3 Å². The second kappa shape index (κ2) is 48.9. The van der Waals surface area contributed by atoms with Crippen LogP contribution < -0.4 is 0 Å². The van der Waals surface area contributed by atoms with Gasteiger partial charge in [-0.25, -0.2) is 9.13 Å². The number of phosphoric acid groups is 2. The number of ether oxygens (including phenoxy) is 3. The fourth-order valence-electron chi connectivity index (χ4n) is 7.30. The fraction of sp³-hybridized carbons (Fsp3) is 0.868. The maximum absolute atomic E-state index is 12.8. The van der Waals surface area contributed by atoms with Crippen molar-refractivity contribution in [3.63, 3.8) is 0 Å². The lowest BCUT2D eigenvalue weighted by atomic mass is 10.0. The summed E-state index contributed by atoms with van der Waals surface area (Å²) in [5, 5.41) is 20.4. The number of aliphatic hydroxyl groups is 2. The van der Waals surface area contributed by atoms with Gasteiger partial charge in [0.15, 0.2) is 6.10 Å². The van der Waals surface area contributed by atoms with E-state index >= 15 is 0 Å². The van der Waals surface area contributed by atoms with Crippen LogP contribution in [0.4, 0.5) is 0 Å². The zero-order valence-corrected chi connectivity index (χ0v) is 46.2. The molecule has 0 fully saturated rings. The van der Waals surface area contributed by atoms with Gasteiger partial charge in [0.25, 0.3) is 0 Å². The quantitative estimate of drug-likeness (QED) is 0.0146. The third-order valence-corrected chi connectivity index (χ3v) is 13.6. The lowest BCUT2D eigenvalue weighted by Gasteiger charge is -2.21. The average molecular weight is 1060 g/mol. The Bertz CT molecular complexity index is 1430. The summed E-state index contributed by atoms with van der Waals surface area (Å²) in [6.07, 6.45) is 38.5. The zero-order valence-electron chi connectivity index (χ0n) is 44.4. The van der Waals surface area contributed by atoms with Gasteiger partial charge >= 0.3 is 33.6 Å². The van der Waals surface area contributed by atoms with E-state index in [-0.39, 0.29) is 19.3 Å². The number of allylic oxidation sites excluding steroid dienone is 4. The number of hydrogen-bond donors (Lipinski definition) is 4. The highest BCUT2D eigenvalue weighted by Crippen LogP contribution is 2.45. The van der Waals surface area contributed by atoms with Crippen molar-refractivity contribution < 1.29 is 75.8 Å².